The SMILES string of the molecule is CNc1ccc(C(=O)N[C@@H](CC(C(=O)NCCOCCOCCOCCOCCOCCNC(=O)COc2ccc(-c3[nH]nc4c3C(=O)c3c(NC(=O)NN5CCOCC5)cccc3-4)cc2)C(C)(C)C)C(=O)O)cc1. The Morgan fingerprint density at radius 3 is 1.96 bits per heavy atom. The number of rotatable bonds is 31. The normalized spacial score (nSPS) is 14.0. The minimum atomic E-state index is -1.27. The lowest BCUT2D eigenvalue weighted by molar-refractivity contribution is -0.140. The number of anilines is 2. The first-order valence-electron chi connectivity index (χ1n) is 24.9. The number of carbonyl (C=O) groups is 6. The molecule has 75 heavy (non-hydrogen) atoms. The van der Waals surface area contributed by atoms with E-state index < -0.39 is 35.3 Å². The number of hydrazine groups is 1. The number of aliphatic carboxylic acids is 1. The highest BCUT2D eigenvalue weighted by Crippen LogP contribution is 2.43. The first-order valence-corrected chi connectivity index (χ1v) is 24.9. The van der Waals surface area contributed by atoms with Crippen molar-refractivity contribution in [2.75, 3.05) is 130 Å². The zero-order valence-electron chi connectivity index (χ0n) is 42.9. The van der Waals surface area contributed by atoms with E-state index in [1.54, 1.807) is 78.8 Å². The van der Waals surface area contributed by atoms with Gasteiger partial charge in [0.15, 0.2) is 12.4 Å². The average molecular weight is 1040 g/mol. The molecule has 1 aliphatic heterocycles. The number of hydrogen-bond acceptors (Lipinski definition) is 16. The molecule has 1 unspecified atom stereocenters. The van der Waals surface area contributed by atoms with Crippen molar-refractivity contribution in [2.24, 2.45) is 11.3 Å². The van der Waals surface area contributed by atoms with Gasteiger partial charge >= 0.3 is 12.0 Å². The summed E-state index contributed by atoms with van der Waals surface area (Å²) in [6.07, 6.45) is -0.0886. The third-order valence-corrected chi connectivity index (χ3v) is 12.0. The van der Waals surface area contributed by atoms with E-state index in [0.29, 0.717) is 130 Å². The van der Waals surface area contributed by atoms with Crippen molar-refractivity contribution in [3.8, 4) is 28.3 Å². The van der Waals surface area contributed by atoms with Crippen LogP contribution in [0, 0.1) is 11.3 Å². The topological polar surface area (TPSA) is 291 Å². The van der Waals surface area contributed by atoms with Crippen LogP contribution in [0.5, 0.6) is 5.75 Å². The van der Waals surface area contributed by atoms with E-state index in [1.165, 1.54) is 0 Å². The Labute approximate surface area is 435 Å². The highest BCUT2D eigenvalue weighted by atomic mass is 16.6. The van der Waals surface area contributed by atoms with Gasteiger partial charge in [-0.15, -0.1) is 0 Å². The molecular weight excluding hydrogens is 975 g/mol. The lowest BCUT2D eigenvalue weighted by atomic mass is 9.76. The van der Waals surface area contributed by atoms with Crippen molar-refractivity contribution >= 4 is 46.9 Å². The van der Waals surface area contributed by atoms with Crippen LogP contribution in [0.3, 0.4) is 0 Å². The number of nitrogens with one attached hydrogen (secondary N) is 7. The summed E-state index contributed by atoms with van der Waals surface area (Å²) >= 11 is 0. The number of urea groups is 1. The van der Waals surface area contributed by atoms with Gasteiger partial charge in [-0.05, 0) is 66.4 Å². The van der Waals surface area contributed by atoms with E-state index in [0.717, 1.165) is 5.69 Å². The predicted molar refractivity (Wildman–Crippen MR) is 275 cm³/mol. The number of benzene rings is 3. The number of aromatic amines is 1. The molecule has 0 bridgehead atoms. The van der Waals surface area contributed by atoms with Crippen LogP contribution >= 0.6 is 0 Å². The molecule has 23 nitrogen and oxygen atoms in total. The third-order valence-electron chi connectivity index (χ3n) is 12.0. The summed E-state index contributed by atoms with van der Waals surface area (Å²) in [4.78, 5) is 77.0. The van der Waals surface area contributed by atoms with E-state index in [2.05, 4.69) is 42.2 Å². The first-order chi connectivity index (χ1) is 36.2. The summed E-state index contributed by atoms with van der Waals surface area (Å²) in [6, 6.07) is 17.1. The van der Waals surface area contributed by atoms with Crippen LogP contribution < -0.4 is 36.7 Å². The van der Waals surface area contributed by atoms with Gasteiger partial charge in [0.1, 0.15) is 17.5 Å². The molecule has 1 aromatic heterocycles. The summed E-state index contributed by atoms with van der Waals surface area (Å²) in [5.41, 5.74) is 6.83. The quantitative estimate of drug-likeness (QED) is 0.0296. The molecule has 2 heterocycles. The molecule has 0 saturated carbocycles. The number of nitrogens with zero attached hydrogens (tertiary/aromatic N) is 2. The molecule has 2 atom stereocenters. The van der Waals surface area contributed by atoms with Crippen molar-refractivity contribution in [2.45, 2.75) is 33.2 Å². The fourth-order valence-electron chi connectivity index (χ4n) is 8.03. The number of ether oxygens (including phenoxy) is 7. The molecular formula is C52H69N9O14. The number of aromatic nitrogens is 2. The third kappa shape index (κ3) is 17.6. The second-order valence-corrected chi connectivity index (χ2v) is 18.4. The van der Waals surface area contributed by atoms with Crippen LogP contribution in [-0.4, -0.2) is 181 Å². The molecule has 23 heteroatoms. The average Bonchev–Trinajstić information content (AvgIpc) is 3.96. The van der Waals surface area contributed by atoms with E-state index in [4.69, 9.17) is 33.2 Å². The molecule has 3 aromatic carbocycles. The Morgan fingerprint density at radius 1 is 0.773 bits per heavy atom. The van der Waals surface area contributed by atoms with Crippen molar-refractivity contribution in [3.63, 3.8) is 0 Å². The highest BCUT2D eigenvalue weighted by molar-refractivity contribution is 6.27. The maximum Gasteiger partial charge on any atom is 0.333 e. The molecule has 0 radical (unpaired) electrons. The fraction of sp³-hybridized carbons (Fsp3) is 0.481. The summed E-state index contributed by atoms with van der Waals surface area (Å²) in [7, 11) is 1.75. The fourth-order valence-corrected chi connectivity index (χ4v) is 8.03. The van der Waals surface area contributed by atoms with Crippen LogP contribution in [0.4, 0.5) is 16.2 Å². The summed E-state index contributed by atoms with van der Waals surface area (Å²) in [5.74, 6) is -2.91. The number of H-pyrrole nitrogens is 1. The highest BCUT2D eigenvalue weighted by Gasteiger charge is 2.37. The Bertz CT molecular complexity index is 2510. The molecule has 4 aromatic rings. The first kappa shape index (κ1) is 57.3. The van der Waals surface area contributed by atoms with Crippen molar-refractivity contribution in [1.82, 2.24) is 36.6 Å². The zero-order valence-corrected chi connectivity index (χ0v) is 42.9. The van der Waals surface area contributed by atoms with E-state index in [-0.39, 0.29) is 56.9 Å². The van der Waals surface area contributed by atoms with E-state index in [1.807, 2.05) is 20.8 Å². The second kappa shape index (κ2) is 29.2. The Hall–Kier alpha value is -6.99. The van der Waals surface area contributed by atoms with Gasteiger partial charge in [0.2, 0.25) is 5.91 Å². The van der Waals surface area contributed by atoms with Crippen molar-refractivity contribution in [1.29, 1.82) is 0 Å². The van der Waals surface area contributed by atoms with Crippen LogP contribution in [-0.2, 0) is 42.8 Å². The van der Waals surface area contributed by atoms with Gasteiger partial charge in [-0.3, -0.25) is 29.7 Å². The van der Waals surface area contributed by atoms with Gasteiger partial charge in [-0.25, -0.2) is 14.6 Å². The number of carbonyl (C=O) groups excluding carboxylic acids is 5. The number of carboxylic acids is 1. The maximum atomic E-state index is 13.8. The maximum absolute atomic E-state index is 13.8. The van der Waals surface area contributed by atoms with E-state index in [9.17, 15) is 33.9 Å². The van der Waals surface area contributed by atoms with Gasteiger partial charge in [-0.2, -0.15) is 5.10 Å². The minimum Gasteiger partial charge on any atom is -0.484 e. The Kier molecular flexibility index (Phi) is 22.3. The number of hydrogen-bond donors (Lipinski definition) is 8. The molecule has 1 saturated heterocycles. The van der Waals surface area contributed by atoms with Gasteiger partial charge < -0.3 is 64.8 Å². The molecule has 1 fully saturated rings. The number of amides is 5. The summed E-state index contributed by atoms with van der Waals surface area (Å²) in [6.45, 7) is 11.3. The largest absolute Gasteiger partial charge is 0.484 e. The molecule has 5 amide bonds. The zero-order chi connectivity index (χ0) is 53.6. The Morgan fingerprint density at radius 2 is 1.37 bits per heavy atom. The smallest absolute Gasteiger partial charge is 0.333 e. The van der Waals surface area contributed by atoms with Crippen LogP contribution in [0.1, 0.15) is 53.5 Å². The van der Waals surface area contributed by atoms with Crippen molar-refractivity contribution in [3.05, 3.63) is 83.4 Å². The number of morpholine rings is 1. The molecule has 406 valence electrons. The Balaban J connectivity index is 0.740. The van der Waals surface area contributed by atoms with Crippen molar-refractivity contribution < 1.29 is 67.0 Å². The van der Waals surface area contributed by atoms with Gasteiger partial charge in [0.05, 0.1) is 102 Å². The summed E-state index contributed by atoms with van der Waals surface area (Å²) in [5, 5.41) is 33.0. The van der Waals surface area contributed by atoms with Gasteiger partial charge in [0.25, 0.3) is 11.8 Å². The monoisotopic (exact) mass is 1040 g/mol. The van der Waals surface area contributed by atoms with E-state index >= 15 is 0 Å². The standard InChI is InChI=1S/C52H69N9O14/c1-52(2,3)39(32-41(50(66)67)56-48(64)35-8-12-36(53-4)13-9-35)49(65)55-17-21-70-25-27-73-29-31-74-30-28-72-26-24-69-20-16-54-42(62)33-75-37-14-10-34(11-15-37)45-44-46(59-58-45)38-6-5-7-40(43(38)47(44)63)57-51(68)60-61-18-22-71-23-19-61/h5-15,39,41,53H,16-33H2,1-4H3,(H,54,62)(H,55,65)(H,56,64)(H,58,59)(H,66,67)(H2,57,60,68)/t39?,41-/m0/s1. The number of fused-ring (bicyclic) bond motifs is 3. The lowest BCUT2D eigenvalue weighted by Gasteiger charge is -2.31. The van der Waals surface area contributed by atoms with Crippen LogP contribution in [0.15, 0.2) is 66.7 Å². The molecule has 1 aliphatic carbocycles. The molecule has 0 spiro atoms. The molecule has 2 aliphatic rings. The van der Waals surface area contributed by atoms with Gasteiger partial charge in [-0.1, -0.05) is 32.9 Å². The van der Waals surface area contributed by atoms with Crippen LogP contribution in [0.2, 0.25) is 0 Å². The van der Waals surface area contributed by atoms with Crippen LogP contribution in [0.25, 0.3) is 22.5 Å². The number of ketones is 1. The molecule has 6 rings (SSSR count). The lowest BCUT2D eigenvalue weighted by Crippen LogP contribution is -2.49. The molecule has 8 N–H and O–H groups in total. The second-order valence-electron chi connectivity index (χ2n) is 18.4. The predicted octanol–water partition coefficient (Wildman–Crippen LogP) is 3.33. The minimum absolute atomic E-state index is 0.0886. The number of carboxylic acid groups (broad SMARTS) is 1. The van der Waals surface area contributed by atoms with Gasteiger partial charge in [0, 0.05) is 61.5 Å². The summed E-state index contributed by atoms with van der Waals surface area (Å²) < 4.78 is 38.7.